The molecule has 1 fully saturated rings. The van der Waals surface area contributed by atoms with Gasteiger partial charge in [0.25, 0.3) is 0 Å². The van der Waals surface area contributed by atoms with Crippen molar-refractivity contribution in [3.05, 3.63) is 48.4 Å². The molecule has 1 aromatic carbocycles. The first-order chi connectivity index (χ1) is 16.4. The summed E-state index contributed by atoms with van der Waals surface area (Å²) < 4.78 is 1.83. The Bertz CT molecular complexity index is 1240. The molecule has 0 saturated carbocycles. The molecule has 3 N–H and O–H groups in total. The number of aromatic nitrogens is 3. The second-order valence-corrected chi connectivity index (χ2v) is 8.96. The smallest absolute Gasteiger partial charge is 0.236 e. The number of likely N-dealkylation sites (tertiary alicyclic amines) is 1. The normalized spacial score (nSPS) is 17.4. The van der Waals surface area contributed by atoms with Crippen molar-refractivity contribution in [2.24, 2.45) is 11.7 Å². The summed E-state index contributed by atoms with van der Waals surface area (Å²) in [6.45, 7) is 3.91. The van der Waals surface area contributed by atoms with Crippen molar-refractivity contribution in [2.45, 2.75) is 32.4 Å². The first-order valence-electron chi connectivity index (χ1n) is 11.2. The number of carbonyl (C=O) groups excluding carboxylic acids is 1. The minimum atomic E-state index is -0.122. The Balaban J connectivity index is 0.00000342. The Hall–Kier alpha value is -3.26. The monoisotopic (exact) mass is 512 g/mol. The predicted octanol–water partition coefficient (Wildman–Crippen LogP) is 3.14. The number of rotatable bonds is 5. The molecule has 0 spiro atoms. The van der Waals surface area contributed by atoms with E-state index in [9.17, 15) is 4.79 Å². The minimum absolute atomic E-state index is 0. The van der Waals surface area contributed by atoms with Crippen LogP contribution in [-0.4, -0.2) is 56.6 Å². The number of hydrogen-bond donors (Lipinski definition) is 2. The van der Waals surface area contributed by atoms with E-state index in [2.05, 4.69) is 27.1 Å². The first-order valence-corrected chi connectivity index (χ1v) is 11.6. The second kappa shape index (κ2) is 11.4. The van der Waals surface area contributed by atoms with Gasteiger partial charge in [0.2, 0.25) is 5.91 Å². The second-order valence-electron chi connectivity index (χ2n) is 8.57. The molecule has 0 radical (unpaired) electrons. The van der Waals surface area contributed by atoms with Gasteiger partial charge in [0, 0.05) is 38.6 Å². The number of nitrogens with one attached hydrogen (secondary N) is 1. The molecule has 2 atom stereocenters. The predicted molar refractivity (Wildman–Crippen MR) is 144 cm³/mol. The van der Waals surface area contributed by atoms with Crippen LogP contribution in [0.25, 0.3) is 11.0 Å². The molecule has 2 aromatic heterocycles. The van der Waals surface area contributed by atoms with Crippen LogP contribution in [0.3, 0.4) is 0 Å². The SMILES string of the molecule is C[C@@H]1CCN(C(=O)CC#N)C[C@@H]1N(C)c1ncnc2c1ccn2C(=S)Nc1ccc(CN)cc1.Cl. The molecule has 1 aliphatic rings. The van der Waals surface area contributed by atoms with Crippen molar-refractivity contribution in [3.8, 4) is 6.07 Å². The number of halogens is 1. The number of hydrogen-bond acceptors (Lipinski definition) is 7. The molecule has 0 aliphatic carbocycles. The zero-order valence-electron chi connectivity index (χ0n) is 19.7. The Labute approximate surface area is 216 Å². The lowest BCUT2D eigenvalue weighted by atomic mass is 9.92. The molecule has 4 rings (SSSR count). The fourth-order valence-electron chi connectivity index (χ4n) is 4.41. The van der Waals surface area contributed by atoms with Gasteiger partial charge in [-0.05, 0) is 48.3 Å². The largest absolute Gasteiger partial charge is 0.354 e. The van der Waals surface area contributed by atoms with E-state index in [1.54, 1.807) is 4.90 Å². The van der Waals surface area contributed by atoms with Crippen molar-refractivity contribution >= 4 is 58.2 Å². The van der Waals surface area contributed by atoms with Crippen molar-refractivity contribution in [1.82, 2.24) is 19.4 Å². The quantitative estimate of drug-likeness (QED) is 0.501. The summed E-state index contributed by atoms with van der Waals surface area (Å²) in [5.41, 5.74) is 8.30. The van der Waals surface area contributed by atoms with Gasteiger partial charge in [0.05, 0.1) is 17.5 Å². The van der Waals surface area contributed by atoms with E-state index in [-0.39, 0.29) is 30.8 Å². The van der Waals surface area contributed by atoms with Crippen molar-refractivity contribution in [2.75, 3.05) is 30.4 Å². The number of piperidine rings is 1. The van der Waals surface area contributed by atoms with Crippen LogP contribution in [-0.2, 0) is 11.3 Å². The van der Waals surface area contributed by atoms with Gasteiger partial charge >= 0.3 is 0 Å². The van der Waals surface area contributed by atoms with Crippen molar-refractivity contribution in [3.63, 3.8) is 0 Å². The number of fused-ring (bicyclic) bond motifs is 1. The number of thiocarbonyl (C=S) groups is 1. The van der Waals surface area contributed by atoms with Crippen LogP contribution < -0.4 is 16.0 Å². The molecular formula is C24H29ClN8OS. The number of amides is 1. The minimum Gasteiger partial charge on any atom is -0.354 e. The lowest BCUT2D eigenvalue weighted by molar-refractivity contribution is -0.131. The van der Waals surface area contributed by atoms with E-state index in [1.165, 1.54) is 6.33 Å². The van der Waals surface area contributed by atoms with Gasteiger partial charge in [-0.3, -0.25) is 9.36 Å². The van der Waals surface area contributed by atoms with Crippen LogP contribution in [0.4, 0.5) is 11.5 Å². The third kappa shape index (κ3) is 5.53. The van der Waals surface area contributed by atoms with E-state index in [1.807, 2.05) is 54.2 Å². The maximum Gasteiger partial charge on any atom is 0.236 e. The number of nitrogens with two attached hydrogens (primary N) is 1. The van der Waals surface area contributed by atoms with Gasteiger partial charge in [0.1, 0.15) is 18.6 Å². The zero-order chi connectivity index (χ0) is 24.2. The molecule has 0 bridgehead atoms. The van der Waals surface area contributed by atoms with Crippen LogP contribution in [0, 0.1) is 17.2 Å². The third-order valence-electron chi connectivity index (χ3n) is 6.45. The molecule has 0 unspecified atom stereocenters. The highest BCUT2D eigenvalue weighted by Gasteiger charge is 2.32. The Morgan fingerprint density at radius 1 is 1.31 bits per heavy atom. The molecular weight excluding hydrogens is 484 g/mol. The van der Waals surface area contributed by atoms with Gasteiger partial charge in [-0.2, -0.15) is 5.26 Å². The zero-order valence-corrected chi connectivity index (χ0v) is 21.4. The number of nitrogens with zero attached hydrogens (tertiary/aromatic N) is 6. The van der Waals surface area contributed by atoms with E-state index in [0.29, 0.717) is 36.3 Å². The highest BCUT2D eigenvalue weighted by Crippen LogP contribution is 2.29. The average Bonchev–Trinajstić information content (AvgIpc) is 3.29. The first kappa shape index (κ1) is 26.3. The van der Waals surface area contributed by atoms with Gasteiger partial charge in [-0.25, -0.2) is 9.97 Å². The lowest BCUT2D eigenvalue weighted by Gasteiger charge is -2.42. The van der Waals surface area contributed by atoms with Gasteiger partial charge < -0.3 is 20.9 Å². The Morgan fingerprint density at radius 2 is 2.06 bits per heavy atom. The van der Waals surface area contributed by atoms with E-state index < -0.39 is 0 Å². The number of likely N-dealkylation sites (N-methyl/N-ethyl adjacent to an activating group) is 1. The standard InChI is InChI=1S/C24H28N8OS.ClH/c1-16-8-11-31(21(33)7-10-25)14-20(16)30(2)22-19-9-12-32(23(19)28-15-27-22)24(34)29-18-5-3-17(13-26)4-6-18;/h3-6,9,12,15-16,20H,7-8,11,13-14,26H2,1-2H3,(H,29,34);1H/t16-,20+;/m1./s1. The average molecular weight is 513 g/mol. The summed E-state index contributed by atoms with van der Waals surface area (Å²) in [5, 5.41) is 13.5. The molecule has 1 aliphatic heterocycles. The van der Waals surface area contributed by atoms with Gasteiger partial charge in [-0.1, -0.05) is 19.1 Å². The van der Waals surface area contributed by atoms with Crippen LogP contribution in [0.5, 0.6) is 0 Å². The Kier molecular flexibility index (Phi) is 8.62. The maximum atomic E-state index is 12.3. The molecule has 35 heavy (non-hydrogen) atoms. The van der Waals surface area contributed by atoms with E-state index >= 15 is 0 Å². The van der Waals surface area contributed by atoms with Crippen LogP contribution in [0.15, 0.2) is 42.9 Å². The molecule has 184 valence electrons. The fraction of sp³-hybridized carbons (Fsp3) is 0.375. The van der Waals surface area contributed by atoms with Gasteiger partial charge in [-0.15, -0.1) is 12.4 Å². The van der Waals surface area contributed by atoms with Crippen molar-refractivity contribution < 1.29 is 4.79 Å². The van der Waals surface area contributed by atoms with Gasteiger partial charge in [0.15, 0.2) is 10.8 Å². The van der Waals surface area contributed by atoms with Crippen molar-refractivity contribution in [1.29, 1.82) is 5.26 Å². The Morgan fingerprint density at radius 3 is 2.74 bits per heavy atom. The molecule has 1 saturated heterocycles. The van der Waals surface area contributed by atoms with Crippen LogP contribution >= 0.6 is 24.6 Å². The lowest BCUT2D eigenvalue weighted by Crippen LogP contribution is -2.52. The molecule has 9 nitrogen and oxygen atoms in total. The highest BCUT2D eigenvalue weighted by molar-refractivity contribution is 7.80. The van der Waals surface area contributed by atoms with E-state index in [0.717, 1.165) is 28.9 Å². The van der Waals surface area contributed by atoms with Crippen LogP contribution in [0.2, 0.25) is 0 Å². The van der Waals surface area contributed by atoms with Crippen LogP contribution in [0.1, 0.15) is 25.3 Å². The molecule has 11 heteroatoms. The molecule has 3 aromatic rings. The molecule has 1 amide bonds. The summed E-state index contributed by atoms with van der Waals surface area (Å²) in [7, 11) is 1.99. The summed E-state index contributed by atoms with van der Waals surface area (Å²) in [4.78, 5) is 25.3. The fourth-order valence-corrected chi connectivity index (χ4v) is 4.67. The third-order valence-corrected chi connectivity index (χ3v) is 6.75. The number of nitriles is 1. The maximum absolute atomic E-state index is 12.3. The number of anilines is 2. The highest BCUT2D eigenvalue weighted by atomic mass is 35.5. The number of carbonyl (C=O) groups is 1. The summed E-state index contributed by atoms with van der Waals surface area (Å²) in [6.07, 6.45) is 4.20. The summed E-state index contributed by atoms with van der Waals surface area (Å²) in [6, 6.07) is 11.8. The number of benzene rings is 1. The van der Waals surface area contributed by atoms with E-state index in [4.69, 9.17) is 23.2 Å². The molecule has 3 heterocycles. The summed E-state index contributed by atoms with van der Waals surface area (Å²) >= 11 is 5.65. The summed E-state index contributed by atoms with van der Waals surface area (Å²) in [5.74, 6) is 1.02. The topological polar surface area (TPSA) is 116 Å².